The van der Waals surface area contributed by atoms with Gasteiger partial charge in [-0.15, -0.1) is 0 Å². The molecule has 0 radical (unpaired) electrons. The first-order chi connectivity index (χ1) is 24.2. The second-order valence-corrected chi connectivity index (χ2v) is 16.4. The molecule has 51 heavy (non-hydrogen) atoms. The molecule has 0 aliphatic carbocycles. The summed E-state index contributed by atoms with van der Waals surface area (Å²) in [5, 5.41) is 0. The highest BCUT2D eigenvalue weighted by atomic mass is 32.2. The zero-order valence-corrected chi connectivity index (χ0v) is 31.1. The van der Waals surface area contributed by atoms with Crippen LogP contribution >= 0.6 is 0 Å². The van der Waals surface area contributed by atoms with Crippen LogP contribution in [-0.4, -0.2) is 64.9 Å². The minimum Gasteiger partial charge on any atom is -0.374 e. The third kappa shape index (κ3) is 13.2. The van der Waals surface area contributed by atoms with Crippen molar-refractivity contribution >= 4 is 30.4 Å². The molecule has 12 nitrogen and oxygen atoms in total. The van der Waals surface area contributed by atoms with Gasteiger partial charge in [0, 0.05) is 0 Å². The molecular formula is C36H42O12S3. The predicted octanol–water partition coefficient (Wildman–Crippen LogP) is 5.38. The van der Waals surface area contributed by atoms with E-state index in [4.69, 9.17) is 26.8 Å². The van der Waals surface area contributed by atoms with Gasteiger partial charge in [0.2, 0.25) is 0 Å². The van der Waals surface area contributed by atoms with E-state index >= 15 is 0 Å². The quantitative estimate of drug-likeness (QED) is 0.0790. The highest BCUT2D eigenvalue weighted by Gasteiger charge is 2.17. The van der Waals surface area contributed by atoms with Gasteiger partial charge in [-0.3, -0.25) is 12.5 Å². The Bertz CT molecular complexity index is 1780. The lowest BCUT2D eigenvalue weighted by molar-refractivity contribution is 0.0846. The van der Waals surface area contributed by atoms with Crippen LogP contribution in [0, 0.1) is 20.8 Å². The van der Waals surface area contributed by atoms with Crippen LogP contribution in [0.15, 0.2) is 106 Å². The zero-order valence-electron chi connectivity index (χ0n) is 28.6. The Balaban J connectivity index is 1.30. The summed E-state index contributed by atoms with van der Waals surface area (Å²) >= 11 is 0. The fraction of sp³-hybridized carbons (Fsp3) is 0.333. The summed E-state index contributed by atoms with van der Waals surface area (Å²) in [6.07, 6.45) is 0. The average Bonchev–Trinajstić information content (AvgIpc) is 3.08. The van der Waals surface area contributed by atoms with Gasteiger partial charge in [-0.2, -0.15) is 25.3 Å². The van der Waals surface area contributed by atoms with Gasteiger partial charge in [0.15, 0.2) is 0 Å². The Hall–Kier alpha value is -3.51. The van der Waals surface area contributed by atoms with Crippen molar-refractivity contribution in [1.29, 1.82) is 0 Å². The molecule has 4 aromatic carbocycles. The molecule has 0 saturated carbocycles. The van der Waals surface area contributed by atoms with E-state index in [1.54, 1.807) is 36.4 Å². The number of benzene rings is 4. The number of hydrogen-bond acceptors (Lipinski definition) is 12. The molecule has 0 aromatic heterocycles. The molecular weight excluding hydrogens is 721 g/mol. The molecule has 0 heterocycles. The Morgan fingerprint density at radius 1 is 0.373 bits per heavy atom. The molecule has 15 heteroatoms. The van der Waals surface area contributed by atoms with Crippen LogP contribution in [0.1, 0.15) is 33.4 Å². The SMILES string of the molecule is Cc1ccc(S(=O)(=O)OCCOCc2cc(COCCOS(=O)(=O)c3ccc(C)cc3)cc(COCCOS(=O)(=O)c3ccc(C)cc3)c2)cc1. The highest BCUT2D eigenvalue weighted by molar-refractivity contribution is 7.87. The smallest absolute Gasteiger partial charge is 0.297 e. The lowest BCUT2D eigenvalue weighted by Gasteiger charge is -2.12. The maximum absolute atomic E-state index is 12.4. The van der Waals surface area contributed by atoms with Gasteiger partial charge in [0.25, 0.3) is 30.4 Å². The molecule has 0 saturated heterocycles. The largest absolute Gasteiger partial charge is 0.374 e. The van der Waals surface area contributed by atoms with Crippen molar-refractivity contribution in [2.24, 2.45) is 0 Å². The van der Waals surface area contributed by atoms with Gasteiger partial charge < -0.3 is 14.2 Å². The predicted molar refractivity (Wildman–Crippen MR) is 188 cm³/mol. The van der Waals surface area contributed by atoms with E-state index in [9.17, 15) is 25.3 Å². The average molecular weight is 763 g/mol. The lowest BCUT2D eigenvalue weighted by atomic mass is 10.1. The Labute approximate surface area is 300 Å². The van der Waals surface area contributed by atoms with Gasteiger partial charge in [0.1, 0.15) is 0 Å². The fourth-order valence-corrected chi connectivity index (χ4v) is 7.27. The number of rotatable bonds is 21. The Kier molecular flexibility index (Phi) is 14.9. The second kappa shape index (κ2) is 18.8. The molecule has 4 rings (SSSR count). The van der Waals surface area contributed by atoms with Crippen molar-refractivity contribution in [1.82, 2.24) is 0 Å². The van der Waals surface area contributed by atoms with Crippen LogP contribution in [-0.2, 0) is 76.9 Å². The van der Waals surface area contributed by atoms with Crippen LogP contribution < -0.4 is 0 Å². The molecule has 0 bridgehead atoms. The first-order valence-electron chi connectivity index (χ1n) is 16.0. The first-order valence-corrected chi connectivity index (χ1v) is 20.2. The Morgan fingerprint density at radius 2 is 0.608 bits per heavy atom. The molecule has 0 aliphatic heterocycles. The summed E-state index contributed by atoms with van der Waals surface area (Å²) < 4.78 is 107. The number of aryl methyl sites for hydroxylation is 3. The van der Waals surface area contributed by atoms with E-state index in [0.29, 0.717) is 0 Å². The van der Waals surface area contributed by atoms with E-state index in [-0.39, 0.29) is 74.1 Å². The van der Waals surface area contributed by atoms with Crippen LogP contribution in [0.4, 0.5) is 0 Å². The van der Waals surface area contributed by atoms with Gasteiger partial charge in [-0.25, -0.2) is 0 Å². The maximum Gasteiger partial charge on any atom is 0.297 e. The van der Waals surface area contributed by atoms with Gasteiger partial charge >= 0.3 is 0 Å². The summed E-state index contributed by atoms with van der Waals surface area (Å²) in [6.45, 7) is 5.34. The standard InChI is InChI=1S/C36H42O12S3/c1-28-4-10-34(11-5-28)49(37,38)46-19-16-43-25-31-22-32(26-44-17-20-47-50(39,40)35-12-6-29(2)7-13-35)24-33(23-31)27-45-18-21-48-51(41,42)36-14-8-30(3)9-15-36/h4-15,22-24H,16-21,25-27H2,1-3H3. The topological polar surface area (TPSA) is 158 Å². The highest BCUT2D eigenvalue weighted by Crippen LogP contribution is 2.18. The third-order valence-corrected chi connectivity index (χ3v) is 11.2. The van der Waals surface area contributed by atoms with Crippen molar-refractivity contribution < 1.29 is 52.0 Å². The number of ether oxygens (including phenoxy) is 3. The minimum absolute atomic E-state index is 0.00273. The molecule has 0 fully saturated rings. The van der Waals surface area contributed by atoms with E-state index in [0.717, 1.165) is 33.4 Å². The summed E-state index contributed by atoms with van der Waals surface area (Å²) in [5.74, 6) is 0. The van der Waals surface area contributed by atoms with Gasteiger partial charge in [0.05, 0.1) is 74.1 Å². The van der Waals surface area contributed by atoms with Crippen molar-refractivity contribution in [3.8, 4) is 0 Å². The summed E-state index contributed by atoms with van der Waals surface area (Å²) in [5.41, 5.74) is 4.96. The molecule has 0 spiro atoms. The van der Waals surface area contributed by atoms with E-state index in [2.05, 4.69) is 0 Å². The molecule has 0 aliphatic rings. The van der Waals surface area contributed by atoms with Gasteiger partial charge in [-0.05, 0) is 73.9 Å². The molecule has 4 aromatic rings. The summed E-state index contributed by atoms with van der Waals surface area (Å²) in [4.78, 5) is 0.172. The molecule has 276 valence electrons. The fourth-order valence-electron chi connectivity index (χ4n) is 4.59. The third-order valence-electron chi connectivity index (χ3n) is 7.25. The van der Waals surface area contributed by atoms with Crippen LogP contribution in [0.25, 0.3) is 0 Å². The summed E-state index contributed by atoms with van der Waals surface area (Å²) in [7, 11) is -11.8. The van der Waals surface area contributed by atoms with Gasteiger partial charge in [-0.1, -0.05) is 71.3 Å². The van der Waals surface area contributed by atoms with Crippen LogP contribution in [0.2, 0.25) is 0 Å². The Morgan fingerprint density at radius 3 is 0.843 bits per heavy atom. The van der Waals surface area contributed by atoms with E-state index in [1.165, 1.54) is 36.4 Å². The maximum atomic E-state index is 12.4. The normalized spacial score (nSPS) is 12.3. The van der Waals surface area contributed by atoms with Crippen molar-refractivity contribution in [3.05, 3.63) is 124 Å². The molecule has 0 amide bonds. The van der Waals surface area contributed by atoms with Crippen molar-refractivity contribution in [2.75, 3.05) is 39.6 Å². The number of hydrogen-bond donors (Lipinski definition) is 0. The first kappa shape index (κ1) is 40.3. The summed E-state index contributed by atoms with van der Waals surface area (Å²) in [6, 6.07) is 24.5. The molecule has 0 N–H and O–H groups in total. The van der Waals surface area contributed by atoms with E-state index in [1.807, 2.05) is 39.0 Å². The van der Waals surface area contributed by atoms with E-state index < -0.39 is 30.4 Å². The van der Waals surface area contributed by atoms with Crippen LogP contribution in [0.5, 0.6) is 0 Å². The monoisotopic (exact) mass is 762 g/mol. The molecule has 0 unspecified atom stereocenters. The lowest BCUT2D eigenvalue weighted by Crippen LogP contribution is -2.13. The van der Waals surface area contributed by atoms with Crippen molar-refractivity contribution in [2.45, 2.75) is 55.3 Å². The zero-order chi connectivity index (χ0) is 36.9. The second-order valence-electron chi connectivity index (χ2n) is 11.6. The van der Waals surface area contributed by atoms with Crippen LogP contribution in [0.3, 0.4) is 0 Å². The van der Waals surface area contributed by atoms with Crippen molar-refractivity contribution in [3.63, 3.8) is 0 Å². The minimum atomic E-state index is -3.93. The molecule has 0 atom stereocenters.